The van der Waals surface area contributed by atoms with E-state index in [9.17, 15) is 9.59 Å². The van der Waals surface area contributed by atoms with Crippen molar-refractivity contribution in [1.29, 1.82) is 0 Å². The van der Waals surface area contributed by atoms with E-state index in [1.54, 1.807) is 24.3 Å². The van der Waals surface area contributed by atoms with Gasteiger partial charge in [-0.15, -0.1) is 11.3 Å². The fourth-order valence-electron chi connectivity index (χ4n) is 2.56. The normalized spacial score (nSPS) is 10.3. The number of esters is 1. The number of hydrogen-bond acceptors (Lipinski definition) is 6. The lowest BCUT2D eigenvalue weighted by Crippen LogP contribution is -2.13. The number of amides is 1. The number of benzene rings is 2. The highest BCUT2D eigenvalue weighted by molar-refractivity contribution is 7.17. The molecule has 1 aromatic heterocycles. The van der Waals surface area contributed by atoms with Gasteiger partial charge in [-0.2, -0.15) is 0 Å². The van der Waals surface area contributed by atoms with E-state index >= 15 is 0 Å². The Labute approximate surface area is 173 Å². The van der Waals surface area contributed by atoms with Crippen LogP contribution in [0.25, 0.3) is 10.4 Å². The van der Waals surface area contributed by atoms with E-state index in [-0.39, 0.29) is 12.5 Å². The van der Waals surface area contributed by atoms with Crippen LogP contribution in [0, 0.1) is 0 Å². The molecule has 0 unspecified atom stereocenters. The minimum Gasteiger partial charge on any atom is -0.492 e. The topological polar surface area (TPSA) is 73.9 Å². The molecule has 2 aromatic carbocycles. The van der Waals surface area contributed by atoms with Crippen LogP contribution in [-0.2, 0) is 9.53 Å². The zero-order valence-electron chi connectivity index (χ0n) is 16.1. The second-order valence-corrected chi connectivity index (χ2v) is 7.00. The number of ether oxygens (including phenoxy) is 3. The first-order chi connectivity index (χ1) is 14.1. The van der Waals surface area contributed by atoms with Gasteiger partial charge in [0.25, 0.3) is 5.91 Å². The molecule has 1 heterocycles. The van der Waals surface area contributed by atoms with Crippen LogP contribution in [0.15, 0.2) is 60.7 Å². The molecular formula is C22H21NO5S. The molecule has 0 atom stereocenters. The summed E-state index contributed by atoms with van der Waals surface area (Å²) in [7, 11) is 1.30. The Morgan fingerprint density at radius 1 is 1.00 bits per heavy atom. The predicted molar refractivity (Wildman–Crippen MR) is 113 cm³/mol. The molecule has 6 nitrogen and oxygen atoms in total. The molecule has 3 aromatic rings. The Morgan fingerprint density at radius 2 is 1.72 bits per heavy atom. The second-order valence-electron chi connectivity index (χ2n) is 5.95. The van der Waals surface area contributed by atoms with Gasteiger partial charge in [-0.3, -0.25) is 4.79 Å². The van der Waals surface area contributed by atoms with Gasteiger partial charge in [0.1, 0.15) is 16.4 Å². The van der Waals surface area contributed by atoms with Crippen molar-refractivity contribution < 1.29 is 23.8 Å². The molecule has 0 saturated carbocycles. The molecule has 0 radical (unpaired) electrons. The molecule has 0 fully saturated rings. The van der Waals surface area contributed by atoms with Crippen LogP contribution in [0.1, 0.15) is 16.6 Å². The van der Waals surface area contributed by atoms with Crippen LogP contribution in [-0.4, -0.2) is 32.2 Å². The van der Waals surface area contributed by atoms with E-state index < -0.39 is 5.97 Å². The lowest BCUT2D eigenvalue weighted by atomic mass is 10.2. The maximum Gasteiger partial charge on any atom is 0.343 e. The van der Waals surface area contributed by atoms with Gasteiger partial charge in [0.2, 0.25) is 0 Å². The molecule has 0 bridgehead atoms. The average molecular weight is 411 g/mol. The van der Waals surface area contributed by atoms with Crippen molar-refractivity contribution in [3.8, 4) is 21.9 Å². The Morgan fingerprint density at radius 3 is 2.38 bits per heavy atom. The summed E-state index contributed by atoms with van der Waals surface area (Å²) >= 11 is 1.38. The van der Waals surface area contributed by atoms with Gasteiger partial charge in [0, 0.05) is 10.6 Å². The van der Waals surface area contributed by atoms with Gasteiger partial charge in [-0.25, -0.2) is 4.79 Å². The Kier molecular flexibility index (Phi) is 6.86. The molecule has 0 aliphatic carbocycles. The highest BCUT2D eigenvalue weighted by atomic mass is 32.1. The summed E-state index contributed by atoms with van der Waals surface area (Å²) in [4.78, 5) is 25.4. The van der Waals surface area contributed by atoms with Crippen molar-refractivity contribution in [2.75, 3.05) is 25.6 Å². The quantitative estimate of drug-likeness (QED) is 0.548. The number of carbonyl (C=O) groups excluding carboxylic acids is 2. The summed E-state index contributed by atoms with van der Waals surface area (Å²) in [5, 5.41) is 2.87. The van der Waals surface area contributed by atoms with Crippen molar-refractivity contribution in [1.82, 2.24) is 0 Å². The van der Waals surface area contributed by atoms with Gasteiger partial charge < -0.3 is 19.5 Å². The molecule has 0 aliphatic rings. The summed E-state index contributed by atoms with van der Waals surface area (Å²) in [6.07, 6.45) is 0. The van der Waals surface area contributed by atoms with Gasteiger partial charge in [0.15, 0.2) is 6.61 Å². The van der Waals surface area contributed by atoms with E-state index in [0.717, 1.165) is 10.4 Å². The zero-order valence-corrected chi connectivity index (χ0v) is 17.0. The van der Waals surface area contributed by atoms with Gasteiger partial charge in [0.05, 0.1) is 13.7 Å². The fraction of sp³-hybridized carbons (Fsp3) is 0.182. The minimum absolute atomic E-state index is 0.169. The Bertz CT molecular complexity index is 967. The van der Waals surface area contributed by atoms with Crippen LogP contribution in [0.5, 0.6) is 11.5 Å². The third kappa shape index (κ3) is 5.36. The second kappa shape index (κ2) is 9.75. The SMILES string of the molecule is CCOc1cc(-c2ccccc2)sc1C(=O)Nc1ccc(OCC(=O)OC)cc1. The van der Waals surface area contributed by atoms with E-state index in [1.807, 2.05) is 43.3 Å². The molecule has 150 valence electrons. The number of hydrogen-bond donors (Lipinski definition) is 1. The Balaban J connectivity index is 1.73. The number of carbonyl (C=O) groups is 2. The summed E-state index contributed by atoms with van der Waals surface area (Å²) in [6.45, 7) is 2.18. The largest absolute Gasteiger partial charge is 0.492 e. The summed E-state index contributed by atoms with van der Waals surface area (Å²) in [5.74, 6) is 0.361. The maximum absolute atomic E-state index is 12.8. The lowest BCUT2D eigenvalue weighted by Gasteiger charge is -2.08. The van der Waals surface area contributed by atoms with E-state index in [0.29, 0.717) is 28.7 Å². The van der Waals surface area contributed by atoms with Crippen molar-refractivity contribution in [2.24, 2.45) is 0 Å². The fourth-order valence-corrected chi connectivity index (χ4v) is 3.57. The van der Waals surface area contributed by atoms with Crippen LogP contribution in [0.4, 0.5) is 5.69 Å². The highest BCUT2D eigenvalue weighted by Crippen LogP contribution is 2.36. The summed E-state index contributed by atoms with van der Waals surface area (Å²) in [6, 6.07) is 18.5. The van der Waals surface area contributed by atoms with Crippen LogP contribution in [0.2, 0.25) is 0 Å². The third-order valence-corrected chi connectivity index (χ3v) is 5.12. The number of rotatable bonds is 8. The highest BCUT2D eigenvalue weighted by Gasteiger charge is 2.18. The van der Waals surface area contributed by atoms with Crippen LogP contribution in [0.3, 0.4) is 0 Å². The van der Waals surface area contributed by atoms with E-state index in [1.165, 1.54) is 18.4 Å². The number of nitrogens with one attached hydrogen (secondary N) is 1. The van der Waals surface area contributed by atoms with Crippen molar-refractivity contribution in [3.63, 3.8) is 0 Å². The van der Waals surface area contributed by atoms with E-state index in [2.05, 4.69) is 10.1 Å². The van der Waals surface area contributed by atoms with Crippen LogP contribution < -0.4 is 14.8 Å². The number of methoxy groups -OCH3 is 1. The van der Waals surface area contributed by atoms with Gasteiger partial charge in [-0.1, -0.05) is 30.3 Å². The van der Waals surface area contributed by atoms with Gasteiger partial charge >= 0.3 is 5.97 Å². The molecule has 1 amide bonds. The summed E-state index contributed by atoms with van der Waals surface area (Å²) < 4.78 is 15.5. The molecule has 0 aliphatic heterocycles. The van der Waals surface area contributed by atoms with Crippen molar-refractivity contribution in [3.05, 3.63) is 65.5 Å². The molecule has 3 rings (SSSR count). The third-order valence-electron chi connectivity index (χ3n) is 3.96. The molecule has 29 heavy (non-hydrogen) atoms. The first kappa shape index (κ1) is 20.4. The van der Waals surface area contributed by atoms with Crippen molar-refractivity contribution >= 4 is 28.9 Å². The monoisotopic (exact) mass is 411 g/mol. The predicted octanol–water partition coefficient (Wildman–Crippen LogP) is 4.62. The molecule has 0 saturated heterocycles. The van der Waals surface area contributed by atoms with Crippen molar-refractivity contribution in [2.45, 2.75) is 6.92 Å². The summed E-state index contributed by atoms with van der Waals surface area (Å²) in [5.41, 5.74) is 1.64. The molecular weight excluding hydrogens is 390 g/mol. The number of thiophene rings is 1. The van der Waals surface area contributed by atoms with Crippen LogP contribution >= 0.6 is 11.3 Å². The minimum atomic E-state index is -0.460. The zero-order chi connectivity index (χ0) is 20.6. The number of anilines is 1. The van der Waals surface area contributed by atoms with E-state index in [4.69, 9.17) is 9.47 Å². The molecule has 1 N–H and O–H groups in total. The molecule has 7 heteroatoms. The average Bonchev–Trinajstić information content (AvgIpc) is 3.18. The standard InChI is InChI=1S/C22H21NO5S/c1-3-27-18-13-19(15-7-5-4-6-8-15)29-21(18)22(25)23-16-9-11-17(12-10-16)28-14-20(24)26-2/h4-13H,3,14H2,1-2H3,(H,23,25). The first-order valence-corrected chi connectivity index (χ1v) is 9.85. The first-order valence-electron chi connectivity index (χ1n) is 9.03. The smallest absolute Gasteiger partial charge is 0.343 e. The maximum atomic E-state index is 12.8. The lowest BCUT2D eigenvalue weighted by molar-refractivity contribution is -0.142. The van der Waals surface area contributed by atoms with Gasteiger partial charge in [-0.05, 0) is 42.8 Å². The molecule has 0 spiro atoms. The Hall–Kier alpha value is -3.32.